The Balaban J connectivity index is 1.42. The summed E-state index contributed by atoms with van der Waals surface area (Å²) in [6.45, 7) is 6.32. The third-order valence-corrected chi connectivity index (χ3v) is 6.18. The molecule has 21 heavy (non-hydrogen) atoms. The standard InChI is InChI=1S/C17H30N2O2/c1-11(16-8-13-3-4-14(16)7-13)18-17(21)10-19-6-5-15(9-19)12(2)20/h11-16,20H,3-10H2,1-2H3,(H,18,21). The molecular weight excluding hydrogens is 264 g/mol. The van der Waals surface area contributed by atoms with Gasteiger partial charge in [-0.05, 0) is 69.7 Å². The molecule has 3 aliphatic rings. The smallest absolute Gasteiger partial charge is 0.234 e. The van der Waals surface area contributed by atoms with Gasteiger partial charge in [-0.25, -0.2) is 0 Å². The average Bonchev–Trinajstić information content (AvgIpc) is 3.13. The molecule has 0 spiro atoms. The summed E-state index contributed by atoms with van der Waals surface area (Å²) in [5, 5.41) is 12.9. The lowest BCUT2D eigenvalue weighted by molar-refractivity contribution is -0.123. The van der Waals surface area contributed by atoms with Crippen LogP contribution in [0, 0.1) is 23.7 Å². The second-order valence-electron chi connectivity index (χ2n) is 7.72. The minimum absolute atomic E-state index is 0.163. The molecule has 2 aliphatic carbocycles. The fourth-order valence-electron chi connectivity index (χ4n) is 4.92. The predicted molar refractivity (Wildman–Crippen MR) is 82.8 cm³/mol. The highest BCUT2D eigenvalue weighted by Crippen LogP contribution is 2.49. The van der Waals surface area contributed by atoms with Gasteiger partial charge in [0.25, 0.3) is 0 Å². The fourth-order valence-corrected chi connectivity index (χ4v) is 4.92. The molecular formula is C17H30N2O2. The molecule has 2 N–H and O–H groups in total. The third-order valence-electron chi connectivity index (χ3n) is 6.18. The molecule has 3 rings (SSSR count). The van der Waals surface area contributed by atoms with Gasteiger partial charge >= 0.3 is 0 Å². The number of carbonyl (C=O) groups is 1. The van der Waals surface area contributed by atoms with Gasteiger partial charge in [-0.15, -0.1) is 0 Å². The molecule has 0 aromatic heterocycles. The lowest BCUT2D eigenvalue weighted by atomic mass is 9.84. The number of hydrogen-bond acceptors (Lipinski definition) is 3. The van der Waals surface area contributed by atoms with E-state index >= 15 is 0 Å². The first-order valence-corrected chi connectivity index (χ1v) is 8.72. The summed E-state index contributed by atoms with van der Waals surface area (Å²) in [7, 11) is 0. The van der Waals surface area contributed by atoms with Crippen LogP contribution >= 0.6 is 0 Å². The highest BCUT2D eigenvalue weighted by molar-refractivity contribution is 5.78. The Labute approximate surface area is 128 Å². The molecule has 6 unspecified atom stereocenters. The van der Waals surface area contributed by atoms with E-state index in [1.54, 1.807) is 0 Å². The van der Waals surface area contributed by atoms with E-state index in [9.17, 15) is 9.90 Å². The normalized spacial score (nSPS) is 38.6. The van der Waals surface area contributed by atoms with E-state index in [4.69, 9.17) is 0 Å². The lowest BCUT2D eigenvalue weighted by Gasteiger charge is -2.29. The van der Waals surface area contributed by atoms with Crippen LogP contribution in [0.2, 0.25) is 0 Å². The number of fused-ring (bicyclic) bond motifs is 2. The molecule has 1 heterocycles. The molecule has 4 nitrogen and oxygen atoms in total. The van der Waals surface area contributed by atoms with E-state index in [2.05, 4.69) is 17.1 Å². The minimum atomic E-state index is -0.258. The van der Waals surface area contributed by atoms with Crippen LogP contribution in [0.25, 0.3) is 0 Å². The van der Waals surface area contributed by atoms with Crippen LogP contribution < -0.4 is 5.32 Å². The van der Waals surface area contributed by atoms with E-state index in [1.807, 2.05) is 6.92 Å². The van der Waals surface area contributed by atoms with E-state index in [0.717, 1.165) is 31.3 Å². The van der Waals surface area contributed by atoms with Crippen LogP contribution in [0.5, 0.6) is 0 Å². The zero-order valence-electron chi connectivity index (χ0n) is 13.4. The molecule has 2 bridgehead atoms. The van der Waals surface area contributed by atoms with Gasteiger partial charge in [-0.3, -0.25) is 9.69 Å². The van der Waals surface area contributed by atoms with Gasteiger partial charge in [0.05, 0.1) is 12.6 Å². The molecule has 3 fully saturated rings. The van der Waals surface area contributed by atoms with Crippen molar-refractivity contribution in [3.05, 3.63) is 0 Å². The first-order valence-electron chi connectivity index (χ1n) is 8.72. The summed E-state index contributed by atoms with van der Waals surface area (Å²) in [4.78, 5) is 14.4. The van der Waals surface area contributed by atoms with Gasteiger partial charge in [0.2, 0.25) is 5.91 Å². The zero-order valence-corrected chi connectivity index (χ0v) is 13.4. The van der Waals surface area contributed by atoms with Crippen LogP contribution in [0.1, 0.15) is 46.0 Å². The predicted octanol–water partition coefficient (Wildman–Crippen LogP) is 1.63. The van der Waals surface area contributed by atoms with Crippen LogP contribution in [0.4, 0.5) is 0 Å². The molecule has 1 aliphatic heterocycles. The molecule has 0 aromatic carbocycles. The number of likely N-dealkylation sites (tertiary alicyclic amines) is 1. The number of carbonyl (C=O) groups excluding carboxylic acids is 1. The van der Waals surface area contributed by atoms with Gasteiger partial charge in [-0.1, -0.05) is 6.42 Å². The molecule has 1 saturated heterocycles. The Kier molecular flexibility index (Phi) is 4.55. The van der Waals surface area contributed by atoms with Gasteiger partial charge in [0, 0.05) is 12.6 Å². The van der Waals surface area contributed by atoms with Crippen LogP contribution in [0.15, 0.2) is 0 Å². The largest absolute Gasteiger partial charge is 0.393 e. The maximum absolute atomic E-state index is 12.2. The Hall–Kier alpha value is -0.610. The molecule has 2 saturated carbocycles. The molecule has 0 aromatic rings. The number of nitrogens with zero attached hydrogens (tertiary/aromatic N) is 1. The topological polar surface area (TPSA) is 52.6 Å². The summed E-state index contributed by atoms with van der Waals surface area (Å²) >= 11 is 0. The van der Waals surface area contributed by atoms with Crippen molar-refractivity contribution in [1.82, 2.24) is 10.2 Å². The lowest BCUT2D eigenvalue weighted by Crippen LogP contribution is -2.44. The van der Waals surface area contributed by atoms with Crippen molar-refractivity contribution in [3.8, 4) is 0 Å². The van der Waals surface area contributed by atoms with Crippen LogP contribution in [-0.2, 0) is 4.79 Å². The number of hydrogen-bond donors (Lipinski definition) is 2. The van der Waals surface area contributed by atoms with E-state index in [0.29, 0.717) is 24.4 Å². The summed E-state index contributed by atoms with van der Waals surface area (Å²) in [5.74, 6) is 3.00. The van der Waals surface area contributed by atoms with E-state index in [1.165, 1.54) is 25.7 Å². The summed E-state index contributed by atoms with van der Waals surface area (Å²) in [6, 6.07) is 0.322. The van der Waals surface area contributed by atoms with Crippen molar-refractivity contribution in [2.24, 2.45) is 23.7 Å². The quantitative estimate of drug-likeness (QED) is 0.810. The molecule has 1 amide bonds. The summed E-state index contributed by atoms with van der Waals surface area (Å²) in [6.07, 6.45) is 6.25. The Bertz CT molecular complexity index is 385. The Morgan fingerprint density at radius 1 is 1.29 bits per heavy atom. The highest BCUT2D eigenvalue weighted by Gasteiger charge is 2.42. The van der Waals surface area contributed by atoms with E-state index in [-0.39, 0.29) is 12.0 Å². The second kappa shape index (κ2) is 6.25. The number of rotatable bonds is 5. The van der Waals surface area contributed by atoms with Crippen LogP contribution in [0.3, 0.4) is 0 Å². The number of aliphatic hydroxyl groups excluding tert-OH is 1. The van der Waals surface area contributed by atoms with Crippen molar-refractivity contribution in [3.63, 3.8) is 0 Å². The maximum atomic E-state index is 12.2. The fraction of sp³-hybridized carbons (Fsp3) is 0.941. The van der Waals surface area contributed by atoms with Gasteiger partial charge in [-0.2, -0.15) is 0 Å². The van der Waals surface area contributed by atoms with Crippen molar-refractivity contribution in [2.75, 3.05) is 19.6 Å². The highest BCUT2D eigenvalue weighted by atomic mass is 16.3. The van der Waals surface area contributed by atoms with Crippen LogP contribution in [-0.4, -0.2) is 47.7 Å². The summed E-state index contributed by atoms with van der Waals surface area (Å²) in [5.41, 5.74) is 0. The number of amides is 1. The first-order chi connectivity index (χ1) is 10.0. The van der Waals surface area contributed by atoms with Gasteiger partial charge in [0.15, 0.2) is 0 Å². The van der Waals surface area contributed by atoms with Crippen molar-refractivity contribution in [2.45, 2.75) is 58.1 Å². The molecule has 0 radical (unpaired) electrons. The van der Waals surface area contributed by atoms with Gasteiger partial charge < -0.3 is 10.4 Å². The second-order valence-corrected chi connectivity index (χ2v) is 7.72. The molecule has 120 valence electrons. The number of aliphatic hydroxyl groups is 1. The number of nitrogens with one attached hydrogen (secondary N) is 1. The van der Waals surface area contributed by atoms with Crippen molar-refractivity contribution in [1.29, 1.82) is 0 Å². The SMILES string of the molecule is CC(O)C1CCN(CC(=O)NC(C)C2CC3CCC2C3)C1. The average molecular weight is 294 g/mol. The van der Waals surface area contributed by atoms with Crippen molar-refractivity contribution >= 4 is 5.91 Å². The Morgan fingerprint density at radius 3 is 2.67 bits per heavy atom. The van der Waals surface area contributed by atoms with Crippen molar-refractivity contribution < 1.29 is 9.90 Å². The monoisotopic (exact) mass is 294 g/mol. The van der Waals surface area contributed by atoms with Gasteiger partial charge in [0.1, 0.15) is 0 Å². The molecule has 6 atom stereocenters. The summed E-state index contributed by atoms with van der Waals surface area (Å²) < 4.78 is 0. The molecule has 4 heteroatoms. The Morgan fingerprint density at radius 2 is 2.10 bits per heavy atom. The minimum Gasteiger partial charge on any atom is -0.393 e. The third kappa shape index (κ3) is 3.42. The van der Waals surface area contributed by atoms with E-state index < -0.39 is 0 Å². The first kappa shape index (κ1) is 15.3. The zero-order chi connectivity index (χ0) is 15.0. The maximum Gasteiger partial charge on any atom is 0.234 e.